The van der Waals surface area contributed by atoms with Crippen molar-refractivity contribution in [2.75, 3.05) is 12.5 Å². The number of hydrogen-bond donors (Lipinski definition) is 1. The number of rotatable bonds is 6. The molecule has 2 unspecified atom stereocenters. The maximum atomic E-state index is 11.9. The summed E-state index contributed by atoms with van der Waals surface area (Å²) in [6.07, 6.45) is 3.75. The van der Waals surface area contributed by atoms with Gasteiger partial charge < -0.3 is 10.1 Å². The van der Waals surface area contributed by atoms with Gasteiger partial charge in [0.15, 0.2) is 0 Å². The van der Waals surface area contributed by atoms with E-state index in [0.29, 0.717) is 12.3 Å². The number of carbonyl (C=O) groups is 1. The minimum Gasteiger partial charge on any atom is -0.378 e. The molecule has 0 aliphatic carbocycles. The highest BCUT2D eigenvalue weighted by atomic mass is 35.5. The van der Waals surface area contributed by atoms with E-state index in [4.69, 9.17) is 16.3 Å². The third-order valence-corrected chi connectivity index (χ3v) is 3.72. The van der Waals surface area contributed by atoms with Crippen molar-refractivity contribution in [3.05, 3.63) is 35.9 Å². The molecule has 1 amide bonds. The molecule has 0 aromatic heterocycles. The maximum absolute atomic E-state index is 11.9. The van der Waals surface area contributed by atoms with E-state index in [1.165, 1.54) is 0 Å². The number of carbonyl (C=O) groups excluding carboxylic acids is 1. The fraction of sp³-hybridized carbons (Fsp3) is 0.533. The second kappa shape index (κ2) is 7.51. The Hall–Kier alpha value is -1.06. The van der Waals surface area contributed by atoms with Crippen molar-refractivity contribution in [1.82, 2.24) is 5.32 Å². The third-order valence-electron chi connectivity index (χ3n) is 3.41. The number of ether oxygens (including phenoxy) is 1. The van der Waals surface area contributed by atoms with Crippen LogP contribution in [0.25, 0.3) is 0 Å². The minimum atomic E-state index is -0.111. The van der Waals surface area contributed by atoms with Crippen molar-refractivity contribution in [2.24, 2.45) is 0 Å². The van der Waals surface area contributed by atoms with Crippen LogP contribution in [-0.4, -0.2) is 24.5 Å². The van der Waals surface area contributed by atoms with Crippen LogP contribution in [0.15, 0.2) is 30.3 Å². The van der Waals surface area contributed by atoms with Crippen molar-refractivity contribution in [3.63, 3.8) is 0 Å². The first-order chi connectivity index (χ1) is 9.29. The molecule has 0 bridgehead atoms. The van der Waals surface area contributed by atoms with Gasteiger partial charge in [0.25, 0.3) is 0 Å². The summed E-state index contributed by atoms with van der Waals surface area (Å²) in [5.41, 5.74) is 1.04. The fourth-order valence-corrected chi connectivity index (χ4v) is 2.58. The number of halogens is 1. The standard InChI is InChI=1S/C15H20ClNO2/c16-11-14(12-5-2-1-3-6-12)17-15(18)9-8-13-7-4-10-19-13/h1-3,5-6,13-14H,4,7-11H2,(H,17,18). The molecular formula is C15H20ClNO2. The van der Waals surface area contributed by atoms with Gasteiger partial charge >= 0.3 is 0 Å². The van der Waals surface area contributed by atoms with E-state index in [-0.39, 0.29) is 18.1 Å². The van der Waals surface area contributed by atoms with E-state index in [1.807, 2.05) is 30.3 Å². The summed E-state index contributed by atoms with van der Waals surface area (Å²) in [6, 6.07) is 9.70. The summed E-state index contributed by atoms with van der Waals surface area (Å²) in [6.45, 7) is 0.834. The molecule has 1 aliphatic rings. The first-order valence-corrected chi connectivity index (χ1v) is 7.35. The van der Waals surface area contributed by atoms with Gasteiger partial charge in [0.05, 0.1) is 12.1 Å². The summed E-state index contributed by atoms with van der Waals surface area (Å²) in [7, 11) is 0. The number of alkyl halides is 1. The maximum Gasteiger partial charge on any atom is 0.220 e. The van der Waals surface area contributed by atoms with E-state index >= 15 is 0 Å². The normalized spacial score (nSPS) is 20.2. The van der Waals surface area contributed by atoms with Crippen molar-refractivity contribution in [1.29, 1.82) is 0 Å². The Morgan fingerprint density at radius 1 is 1.42 bits per heavy atom. The average Bonchev–Trinajstić information content (AvgIpc) is 2.97. The molecule has 104 valence electrons. The van der Waals surface area contributed by atoms with Gasteiger partial charge in [-0.3, -0.25) is 4.79 Å². The second-order valence-corrected chi connectivity index (χ2v) is 5.17. The molecule has 2 rings (SSSR count). The molecule has 0 spiro atoms. The minimum absolute atomic E-state index is 0.0463. The van der Waals surface area contributed by atoms with Gasteiger partial charge in [-0.2, -0.15) is 0 Å². The summed E-state index contributed by atoms with van der Waals surface area (Å²) in [4.78, 5) is 11.9. The van der Waals surface area contributed by atoms with Gasteiger partial charge in [-0.25, -0.2) is 0 Å². The van der Waals surface area contributed by atoms with Gasteiger partial charge in [0.1, 0.15) is 0 Å². The van der Waals surface area contributed by atoms with Gasteiger partial charge in [-0.1, -0.05) is 30.3 Å². The lowest BCUT2D eigenvalue weighted by Gasteiger charge is -2.17. The molecule has 3 nitrogen and oxygen atoms in total. The van der Waals surface area contributed by atoms with Crippen molar-refractivity contribution in [2.45, 2.75) is 37.8 Å². The molecule has 0 radical (unpaired) electrons. The highest BCUT2D eigenvalue weighted by molar-refractivity contribution is 6.18. The lowest BCUT2D eigenvalue weighted by atomic mass is 10.1. The summed E-state index contributed by atoms with van der Waals surface area (Å²) < 4.78 is 5.51. The van der Waals surface area contributed by atoms with Crippen LogP contribution < -0.4 is 5.32 Å². The Balaban J connectivity index is 1.79. The molecule has 1 aromatic carbocycles. The lowest BCUT2D eigenvalue weighted by Crippen LogP contribution is -2.30. The van der Waals surface area contributed by atoms with E-state index in [2.05, 4.69) is 5.32 Å². The van der Waals surface area contributed by atoms with Crippen LogP contribution in [0.4, 0.5) is 0 Å². The SMILES string of the molecule is O=C(CCC1CCCO1)NC(CCl)c1ccccc1. The highest BCUT2D eigenvalue weighted by Crippen LogP contribution is 2.18. The largest absolute Gasteiger partial charge is 0.378 e. The predicted molar refractivity (Wildman–Crippen MR) is 76.3 cm³/mol. The summed E-state index contributed by atoms with van der Waals surface area (Å²) in [5.74, 6) is 0.431. The molecule has 19 heavy (non-hydrogen) atoms. The van der Waals surface area contributed by atoms with Crippen LogP contribution in [0.1, 0.15) is 37.3 Å². The van der Waals surface area contributed by atoms with Crippen molar-refractivity contribution in [3.8, 4) is 0 Å². The quantitative estimate of drug-likeness (QED) is 0.814. The van der Waals surface area contributed by atoms with Crippen LogP contribution in [-0.2, 0) is 9.53 Å². The summed E-state index contributed by atoms with van der Waals surface area (Å²) >= 11 is 5.93. The third kappa shape index (κ3) is 4.51. The molecule has 1 aliphatic heterocycles. The number of benzene rings is 1. The zero-order chi connectivity index (χ0) is 13.5. The smallest absolute Gasteiger partial charge is 0.220 e. The van der Waals surface area contributed by atoms with Gasteiger partial charge in [0, 0.05) is 18.9 Å². The van der Waals surface area contributed by atoms with Gasteiger partial charge in [-0.15, -0.1) is 11.6 Å². The lowest BCUT2D eigenvalue weighted by molar-refractivity contribution is -0.122. The van der Waals surface area contributed by atoms with Crippen LogP contribution in [0, 0.1) is 0 Å². The molecule has 1 heterocycles. The second-order valence-electron chi connectivity index (χ2n) is 4.86. The van der Waals surface area contributed by atoms with Crippen molar-refractivity contribution >= 4 is 17.5 Å². The van der Waals surface area contributed by atoms with Crippen LogP contribution in [0.2, 0.25) is 0 Å². The van der Waals surface area contributed by atoms with E-state index in [9.17, 15) is 4.79 Å². The van der Waals surface area contributed by atoms with Crippen LogP contribution in [0.5, 0.6) is 0 Å². The molecule has 1 fully saturated rings. The molecule has 0 saturated carbocycles. The molecule has 1 saturated heterocycles. The number of hydrogen-bond acceptors (Lipinski definition) is 2. The Morgan fingerprint density at radius 3 is 2.84 bits per heavy atom. The zero-order valence-electron chi connectivity index (χ0n) is 11.0. The zero-order valence-corrected chi connectivity index (χ0v) is 11.7. The molecule has 2 atom stereocenters. The van der Waals surface area contributed by atoms with Gasteiger partial charge in [0.2, 0.25) is 5.91 Å². The fourth-order valence-electron chi connectivity index (χ4n) is 2.33. The molecule has 1 N–H and O–H groups in total. The van der Waals surface area contributed by atoms with Crippen LogP contribution >= 0.6 is 11.6 Å². The Kier molecular flexibility index (Phi) is 5.67. The molecular weight excluding hydrogens is 262 g/mol. The number of nitrogens with one attached hydrogen (secondary N) is 1. The predicted octanol–water partition coefficient (Wildman–Crippen LogP) is 3.04. The Morgan fingerprint density at radius 2 is 2.21 bits per heavy atom. The molecule has 4 heteroatoms. The number of amides is 1. The van der Waals surface area contributed by atoms with E-state index < -0.39 is 0 Å². The average molecular weight is 282 g/mol. The first-order valence-electron chi connectivity index (χ1n) is 6.81. The van der Waals surface area contributed by atoms with Gasteiger partial charge in [-0.05, 0) is 24.8 Å². The van der Waals surface area contributed by atoms with E-state index in [1.54, 1.807) is 0 Å². The van der Waals surface area contributed by atoms with Crippen LogP contribution in [0.3, 0.4) is 0 Å². The summed E-state index contributed by atoms with van der Waals surface area (Å²) in [5, 5.41) is 2.98. The van der Waals surface area contributed by atoms with Crippen molar-refractivity contribution < 1.29 is 9.53 Å². The molecule has 1 aromatic rings. The Bertz CT molecular complexity index is 390. The Labute approximate surface area is 119 Å². The van der Waals surface area contributed by atoms with E-state index in [0.717, 1.165) is 31.4 Å². The topological polar surface area (TPSA) is 38.3 Å². The monoisotopic (exact) mass is 281 g/mol. The highest BCUT2D eigenvalue weighted by Gasteiger charge is 2.18. The first kappa shape index (κ1) is 14.4.